The van der Waals surface area contributed by atoms with Crippen LogP contribution in [0.5, 0.6) is 0 Å². The number of fused-ring (bicyclic) bond motifs is 1. The predicted molar refractivity (Wildman–Crippen MR) is 87.0 cm³/mol. The van der Waals surface area contributed by atoms with E-state index in [1.807, 2.05) is 12.1 Å². The van der Waals surface area contributed by atoms with E-state index in [4.69, 9.17) is 5.73 Å². The lowest BCUT2D eigenvalue weighted by atomic mass is 10.2. The first kappa shape index (κ1) is 13.7. The lowest BCUT2D eigenvalue weighted by molar-refractivity contribution is 1.05. The van der Waals surface area contributed by atoms with Gasteiger partial charge in [-0.25, -0.2) is 4.98 Å². The molecule has 0 amide bonds. The zero-order valence-corrected chi connectivity index (χ0v) is 13.4. The van der Waals surface area contributed by atoms with Gasteiger partial charge < -0.3 is 10.7 Å². The molecule has 0 atom stereocenters. The standard InChI is InChI=1S/C15H14BrN3S/c1-9-2-3-13-14(4-9)19-15(18-13)20-12-6-10(8-17)5-11(16)7-12/h2-7H,8,17H2,1H3,(H,18,19). The Morgan fingerprint density at radius 2 is 2.10 bits per heavy atom. The normalized spacial score (nSPS) is 11.2. The van der Waals surface area contributed by atoms with Gasteiger partial charge in [-0.05, 0) is 48.4 Å². The Bertz CT molecular complexity index is 767. The van der Waals surface area contributed by atoms with Crippen LogP contribution in [0.2, 0.25) is 0 Å². The molecule has 3 rings (SSSR count). The fraction of sp³-hybridized carbons (Fsp3) is 0.133. The average Bonchev–Trinajstić information content (AvgIpc) is 2.79. The van der Waals surface area contributed by atoms with Crippen LogP contribution in [0.4, 0.5) is 0 Å². The number of H-pyrrole nitrogens is 1. The molecule has 3 aromatic rings. The summed E-state index contributed by atoms with van der Waals surface area (Å²) in [6.07, 6.45) is 0. The molecule has 20 heavy (non-hydrogen) atoms. The van der Waals surface area contributed by atoms with Gasteiger partial charge in [-0.2, -0.15) is 0 Å². The number of aryl methyl sites for hydroxylation is 1. The van der Waals surface area contributed by atoms with Crippen molar-refractivity contribution in [3.8, 4) is 0 Å². The first-order valence-corrected chi connectivity index (χ1v) is 7.89. The van der Waals surface area contributed by atoms with Crippen LogP contribution in [0.25, 0.3) is 11.0 Å². The number of benzene rings is 2. The molecular weight excluding hydrogens is 334 g/mol. The quantitative estimate of drug-likeness (QED) is 0.744. The Labute approximate surface area is 130 Å². The molecule has 0 aliphatic rings. The van der Waals surface area contributed by atoms with Crippen molar-refractivity contribution in [2.45, 2.75) is 23.5 Å². The molecule has 0 unspecified atom stereocenters. The molecule has 0 saturated heterocycles. The van der Waals surface area contributed by atoms with Crippen molar-refractivity contribution in [1.29, 1.82) is 0 Å². The maximum atomic E-state index is 5.71. The van der Waals surface area contributed by atoms with Crippen LogP contribution < -0.4 is 5.73 Å². The zero-order chi connectivity index (χ0) is 14.1. The van der Waals surface area contributed by atoms with Crippen LogP contribution in [-0.2, 0) is 6.54 Å². The highest BCUT2D eigenvalue weighted by Gasteiger charge is 2.06. The highest BCUT2D eigenvalue weighted by molar-refractivity contribution is 9.10. The van der Waals surface area contributed by atoms with E-state index in [0.717, 1.165) is 31.1 Å². The highest BCUT2D eigenvalue weighted by Crippen LogP contribution is 2.30. The average molecular weight is 348 g/mol. The summed E-state index contributed by atoms with van der Waals surface area (Å²) in [5.41, 5.74) is 10.1. The summed E-state index contributed by atoms with van der Waals surface area (Å²) >= 11 is 5.12. The maximum Gasteiger partial charge on any atom is 0.171 e. The van der Waals surface area contributed by atoms with Gasteiger partial charge in [0.25, 0.3) is 0 Å². The summed E-state index contributed by atoms with van der Waals surface area (Å²) in [5.74, 6) is 0. The van der Waals surface area contributed by atoms with E-state index in [1.165, 1.54) is 5.56 Å². The second kappa shape index (κ2) is 5.60. The number of imidazole rings is 1. The Hall–Kier alpha value is -1.30. The van der Waals surface area contributed by atoms with E-state index >= 15 is 0 Å². The molecular formula is C15H14BrN3S. The van der Waals surface area contributed by atoms with Crippen molar-refractivity contribution >= 4 is 38.7 Å². The Morgan fingerprint density at radius 1 is 1.25 bits per heavy atom. The van der Waals surface area contributed by atoms with Gasteiger partial charge in [-0.1, -0.05) is 33.8 Å². The van der Waals surface area contributed by atoms with Crippen molar-refractivity contribution in [1.82, 2.24) is 9.97 Å². The summed E-state index contributed by atoms with van der Waals surface area (Å²) in [5, 5.41) is 0.895. The first-order chi connectivity index (χ1) is 9.64. The zero-order valence-electron chi connectivity index (χ0n) is 11.0. The summed E-state index contributed by atoms with van der Waals surface area (Å²) in [7, 11) is 0. The Kier molecular flexibility index (Phi) is 3.83. The van der Waals surface area contributed by atoms with Gasteiger partial charge in [0.1, 0.15) is 0 Å². The second-order valence-corrected chi connectivity index (χ2v) is 6.64. The van der Waals surface area contributed by atoms with E-state index < -0.39 is 0 Å². The van der Waals surface area contributed by atoms with Crippen LogP contribution in [0.15, 0.2) is 50.9 Å². The maximum absolute atomic E-state index is 5.71. The van der Waals surface area contributed by atoms with Crippen molar-refractivity contribution in [2.75, 3.05) is 0 Å². The SMILES string of the molecule is Cc1ccc2nc(Sc3cc(Br)cc(CN)c3)[nH]c2c1. The molecule has 1 aromatic heterocycles. The van der Waals surface area contributed by atoms with Gasteiger partial charge >= 0.3 is 0 Å². The van der Waals surface area contributed by atoms with Gasteiger partial charge in [0.2, 0.25) is 0 Å². The van der Waals surface area contributed by atoms with Crippen LogP contribution in [0, 0.1) is 6.92 Å². The third kappa shape index (κ3) is 2.90. The summed E-state index contributed by atoms with van der Waals surface area (Å²) in [4.78, 5) is 9.06. The molecule has 2 aromatic carbocycles. The lowest BCUT2D eigenvalue weighted by Gasteiger charge is -2.03. The minimum atomic E-state index is 0.534. The molecule has 0 aliphatic heterocycles. The number of halogens is 1. The lowest BCUT2D eigenvalue weighted by Crippen LogP contribution is -1.96. The number of rotatable bonds is 3. The van der Waals surface area contributed by atoms with Crippen molar-refractivity contribution in [3.05, 3.63) is 52.0 Å². The van der Waals surface area contributed by atoms with Crippen LogP contribution >= 0.6 is 27.7 Å². The van der Waals surface area contributed by atoms with Gasteiger partial charge in [0.05, 0.1) is 11.0 Å². The first-order valence-electron chi connectivity index (χ1n) is 6.28. The number of nitrogens with two attached hydrogens (primary N) is 1. The van der Waals surface area contributed by atoms with Crippen LogP contribution in [0.3, 0.4) is 0 Å². The van der Waals surface area contributed by atoms with Gasteiger partial charge in [-0.15, -0.1) is 0 Å². The molecule has 5 heteroatoms. The fourth-order valence-electron chi connectivity index (χ4n) is 2.06. The summed E-state index contributed by atoms with van der Waals surface area (Å²) in [6.45, 7) is 2.61. The van der Waals surface area contributed by atoms with E-state index in [-0.39, 0.29) is 0 Å². The predicted octanol–water partition coefficient (Wildman–Crippen LogP) is 4.24. The molecule has 102 valence electrons. The molecule has 3 nitrogen and oxygen atoms in total. The molecule has 1 heterocycles. The third-order valence-electron chi connectivity index (χ3n) is 3.00. The van der Waals surface area contributed by atoms with Gasteiger partial charge in [-0.3, -0.25) is 0 Å². The molecule has 3 N–H and O–H groups in total. The summed E-state index contributed by atoms with van der Waals surface area (Å²) < 4.78 is 1.04. The third-order valence-corrected chi connectivity index (χ3v) is 4.31. The van der Waals surface area contributed by atoms with Gasteiger partial charge in [0.15, 0.2) is 5.16 Å². The smallest absolute Gasteiger partial charge is 0.171 e. The van der Waals surface area contributed by atoms with Gasteiger partial charge in [0, 0.05) is 15.9 Å². The minimum Gasteiger partial charge on any atom is -0.333 e. The Balaban J connectivity index is 1.94. The van der Waals surface area contributed by atoms with E-state index in [0.29, 0.717) is 6.54 Å². The number of hydrogen-bond donors (Lipinski definition) is 2. The van der Waals surface area contributed by atoms with Crippen molar-refractivity contribution < 1.29 is 0 Å². The minimum absolute atomic E-state index is 0.534. The van der Waals surface area contributed by atoms with Crippen LogP contribution in [0.1, 0.15) is 11.1 Å². The second-order valence-electron chi connectivity index (χ2n) is 4.66. The number of aromatic amines is 1. The molecule has 0 saturated carbocycles. The van der Waals surface area contributed by atoms with E-state index in [1.54, 1.807) is 11.8 Å². The number of hydrogen-bond acceptors (Lipinski definition) is 3. The topological polar surface area (TPSA) is 54.7 Å². The summed E-state index contributed by atoms with van der Waals surface area (Å²) in [6, 6.07) is 12.4. The Morgan fingerprint density at radius 3 is 2.90 bits per heavy atom. The fourth-order valence-corrected chi connectivity index (χ4v) is 3.67. The van der Waals surface area contributed by atoms with E-state index in [2.05, 4.69) is 57.1 Å². The van der Waals surface area contributed by atoms with Crippen LogP contribution in [-0.4, -0.2) is 9.97 Å². The largest absolute Gasteiger partial charge is 0.333 e. The number of nitrogens with one attached hydrogen (secondary N) is 1. The van der Waals surface area contributed by atoms with Crippen molar-refractivity contribution in [2.24, 2.45) is 5.73 Å². The number of nitrogens with zero attached hydrogens (tertiary/aromatic N) is 1. The molecule has 0 spiro atoms. The number of aromatic nitrogens is 2. The molecule has 0 aliphatic carbocycles. The van der Waals surface area contributed by atoms with E-state index in [9.17, 15) is 0 Å². The highest BCUT2D eigenvalue weighted by atomic mass is 79.9. The molecule has 0 fully saturated rings. The molecule has 0 bridgehead atoms. The van der Waals surface area contributed by atoms with Crippen molar-refractivity contribution in [3.63, 3.8) is 0 Å². The molecule has 0 radical (unpaired) electrons. The monoisotopic (exact) mass is 347 g/mol.